The van der Waals surface area contributed by atoms with Crippen LogP contribution in [0.25, 0.3) is 10.9 Å². The molecule has 3 nitrogen and oxygen atoms in total. The average Bonchev–Trinajstić information content (AvgIpc) is 2.45. The van der Waals surface area contributed by atoms with Crippen LogP contribution in [0.3, 0.4) is 0 Å². The molecule has 1 aromatic heterocycles. The first-order chi connectivity index (χ1) is 10.0. The topological polar surface area (TPSA) is 48.1 Å². The molecular weight excluding hydrogens is 396 g/mol. The molecule has 1 heterocycles. The number of rotatable bonds is 2. The van der Waals surface area contributed by atoms with Crippen LogP contribution in [0.5, 0.6) is 11.5 Å². The van der Waals surface area contributed by atoms with E-state index in [1.807, 2.05) is 43.3 Å². The molecule has 0 saturated heterocycles. The van der Waals surface area contributed by atoms with Gasteiger partial charge < -0.3 is 10.5 Å². The Balaban J connectivity index is 2.11. The summed E-state index contributed by atoms with van der Waals surface area (Å²) in [7, 11) is 0. The van der Waals surface area contributed by atoms with Crippen LogP contribution in [0.4, 0.5) is 5.69 Å². The number of halogens is 2. The molecule has 0 atom stereocenters. The van der Waals surface area contributed by atoms with E-state index in [1.165, 1.54) is 5.56 Å². The fraction of sp³-hybridized carbons (Fsp3) is 0.0625. The van der Waals surface area contributed by atoms with Crippen molar-refractivity contribution in [3.05, 3.63) is 57.1 Å². The standard InChI is InChI=1S/C16H12Br2N2O/c1-9-2-4-14(12(18)6-9)21-15-5-3-13(19)11-7-10(17)8-20-16(11)15/h2-8H,19H2,1H3. The number of anilines is 1. The largest absolute Gasteiger partial charge is 0.454 e. The Hall–Kier alpha value is -1.59. The van der Waals surface area contributed by atoms with Crippen molar-refractivity contribution in [2.75, 3.05) is 5.73 Å². The van der Waals surface area contributed by atoms with Gasteiger partial charge in [0, 0.05) is 21.7 Å². The van der Waals surface area contributed by atoms with Crippen LogP contribution in [0.1, 0.15) is 5.56 Å². The van der Waals surface area contributed by atoms with Gasteiger partial charge >= 0.3 is 0 Å². The highest BCUT2D eigenvalue weighted by molar-refractivity contribution is 9.10. The Labute approximate surface area is 139 Å². The molecule has 0 radical (unpaired) electrons. The van der Waals surface area contributed by atoms with Crippen molar-refractivity contribution in [1.29, 1.82) is 0 Å². The third-order valence-corrected chi connectivity index (χ3v) is 4.17. The fourth-order valence-corrected chi connectivity index (χ4v) is 2.98. The highest BCUT2D eigenvalue weighted by Crippen LogP contribution is 2.36. The maximum absolute atomic E-state index is 6.01. The number of aryl methyl sites for hydroxylation is 1. The Morgan fingerprint density at radius 1 is 1.05 bits per heavy atom. The summed E-state index contributed by atoms with van der Waals surface area (Å²) in [4.78, 5) is 4.42. The first-order valence-electron chi connectivity index (χ1n) is 6.32. The lowest BCUT2D eigenvalue weighted by molar-refractivity contribution is 0.484. The Kier molecular flexibility index (Phi) is 3.87. The third-order valence-electron chi connectivity index (χ3n) is 3.12. The molecule has 3 aromatic rings. The van der Waals surface area contributed by atoms with E-state index in [9.17, 15) is 0 Å². The van der Waals surface area contributed by atoms with Crippen LogP contribution >= 0.6 is 31.9 Å². The summed E-state index contributed by atoms with van der Waals surface area (Å²) >= 11 is 6.93. The molecule has 0 aliphatic heterocycles. The highest BCUT2D eigenvalue weighted by Gasteiger charge is 2.10. The van der Waals surface area contributed by atoms with Gasteiger partial charge in [0.25, 0.3) is 0 Å². The number of aromatic nitrogens is 1. The van der Waals surface area contributed by atoms with Gasteiger partial charge in [0.1, 0.15) is 11.3 Å². The van der Waals surface area contributed by atoms with E-state index in [0.717, 1.165) is 25.6 Å². The minimum atomic E-state index is 0.675. The van der Waals surface area contributed by atoms with Crippen LogP contribution in [0.15, 0.2) is 51.5 Å². The Bertz CT molecular complexity index is 834. The van der Waals surface area contributed by atoms with E-state index < -0.39 is 0 Å². The summed E-state index contributed by atoms with van der Waals surface area (Å²) in [5.41, 5.74) is 8.59. The molecule has 0 saturated carbocycles. The van der Waals surface area contributed by atoms with Gasteiger partial charge in [-0.2, -0.15) is 0 Å². The van der Waals surface area contributed by atoms with E-state index in [1.54, 1.807) is 6.20 Å². The molecule has 0 spiro atoms. The number of nitrogens with two attached hydrogens (primary N) is 1. The van der Waals surface area contributed by atoms with Crippen molar-refractivity contribution >= 4 is 48.5 Å². The van der Waals surface area contributed by atoms with Crippen LogP contribution in [0, 0.1) is 6.92 Å². The zero-order valence-corrected chi connectivity index (χ0v) is 14.4. The van der Waals surface area contributed by atoms with Gasteiger partial charge in [-0.1, -0.05) is 6.07 Å². The molecule has 0 amide bonds. The molecule has 3 rings (SSSR count). The molecule has 0 aliphatic carbocycles. The second kappa shape index (κ2) is 5.66. The Morgan fingerprint density at radius 3 is 2.57 bits per heavy atom. The fourth-order valence-electron chi connectivity index (χ4n) is 2.08. The van der Waals surface area contributed by atoms with Crippen LogP contribution < -0.4 is 10.5 Å². The molecule has 2 N–H and O–H groups in total. The summed E-state index contributed by atoms with van der Waals surface area (Å²) in [6.07, 6.45) is 1.73. The summed E-state index contributed by atoms with van der Waals surface area (Å²) < 4.78 is 7.78. The number of fused-ring (bicyclic) bond motifs is 1. The number of hydrogen-bond acceptors (Lipinski definition) is 3. The zero-order valence-electron chi connectivity index (χ0n) is 11.2. The molecule has 21 heavy (non-hydrogen) atoms. The van der Waals surface area contributed by atoms with Gasteiger partial charge in [-0.3, -0.25) is 4.98 Å². The number of benzene rings is 2. The maximum atomic E-state index is 6.01. The van der Waals surface area contributed by atoms with Crippen molar-refractivity contribution in [2.24, 2.45) is 0 Å². The van der Waals surface area contributed by atoms with Gasteiger partial charge in [-0.25, -0.2) is 0 Å². The van der Waals surface area contributed by atoms with Crippen LogP contribution in [-0.2, 0) is 0 Å². The van der Waals surface area contributed by atoms with Gasteiger partial charge in [0.05, 0.1) is 4.47 Å². The Morgan fingerprint density at radius 2 is 1.81 bits per heavy atom. The van der Waals surface area contributed by atoms with Crippen molar-refractivity contribution in [3.63, 3.8) is 0 Å². The number of ether oxygens (including phenoxy) is 1. The maximum Gasteiger partial charge on any atom is 0.153 e. The monoisotopic (exact) mass is 406 g/mol. The molecule has 0 bridgehead atoms. The van der Waals surface area contributed by atoms with E-state index >= 15 is 0 Å². The van der Waals surface area contributed by atoms with Crippen molar-refractivity contribution < 1.29 is 4.74 Å². The summed E-state index contributed by atoms with van der Waals surface area (Å²) in [5.74, 6) is 1.42. The number of pyridine rings is 1. The zero-order chi connectivity index (χ0) is 15.0. The van der Waals surface area contributed by atoms with Crippen LogP contribution in [-0.4, -0.2) is 4.98 Å². The van der Waals surface area contributed by atoms with E-state index in [4.69, 9.17) is 10.5 Å². The van der Waals surface area contributed by atoms with E-state index in [0.29, 0.717) is 11.4 Å². The van der Waals surface area contributed by atoms with Crippen LogP contribution in [0.2, 0.25) is 0 Å². The molecule has 106 valence electrons. The predicted octanol–water partition coefficient (Wildman–Crippen LogP) is 5.44. The smallest absolute Gasteiger partial charge is 0.153 e. The van der Waals surface area contributed by atoms with E-state index in [2.05, 4.69) is 36.8 Å². The number of nitrogens with zero attached hydrogens (tertiary/aromatic N) is 1. The van der Waals surface area contributed by atoms with Gasteiger partial charge in [0.2, 0.25) is 0 Å². The van der Waals surface area contributed by atoms with Crippen molar-refractivity contribution in [1.82, 2.24) is 4.98 Å². The first kappa shape index (κ1) is 14.4. The summed E-state index contributed by atoms with van der Waals surface area (Å²) in [6, 6.07) is 11.6. The van der Waals surface area contributed by atoms with Gasteiger partial charge in [-0.15, -0.1) is 0 Å². The lowest BCUT2D eigenvalue weighted by atomic mass is 10.1. The summed E-state index contributed by atoms with van der Waals surface area (Å²) in [5, 5.41) is 0.866. The molecule has 0 unspecified atom stereocenters. The third kappa shape index (κ3) is 2.89. The van der Waals surface area contributed by atoms with Crippen molar-refractivity contribution in [2.45, 2.75) is 6.92 Å². The molecule has 2 aromatic carbocycles. The second-order valence-electron chi connectivity index (χ2n) is 4.74. The van der Waals surface area contributed by atoms with Crippen molar-refractivity contribution in [3.8, 4) is 11.5 Å². The van der Waals surface area contributed by atoms with Gasteiger partial charge in [0.15, 0.2) is 5.75 Å². The lowest BCUT2D eigenvalue weighted by Crippen LogP contribution is -1.93. The normalized spacial score (nSPS) is 10.8. The second-order valence-corrected chi connectivity index (χ2v) is 6.51. The highest BCUT2D eigenvalue weighted by atomic mass is 79.9. The number of nitrogen functional groups attached to an aromatic ring is 1. The quantitative estimate of drug-likeness (QED) is 0.575. The average molecular weight is 408 g/mol. The molecular formula is C16H12Br2N2O. The first-order valence-corrected chi connectivity index (χ1v) is 7.91. The lowest BCUT2D eigenvalue weighted by Gasteiger charge is -2.11. The molecule has 0 fully saturated rings. The number of hydrogen-bond donors (Lipinski definition) is 1. The summed E-state index contributed by atoms with van der Waals surface area (Å²) in [6.45, 7) is 2.03. The van der Waals surface area contributed by atoms with E-state index in [-0.39, 0.29) is 0 Å². The molecule has 0 aliphatic rings. The minimum Gasteiger partial charge on any atom is -0.454 e. The SMILES string of the molecule is Cc1ccc(Oc2ccc(N)c3cc(Br)cnc23)c(Br)c1. The minimum absolute atomic E-state index is 0.675. The molecule has 5 heteroatoms. The van der Waals surface area contributed by atoms with Gasteiger partial charge in [-0.05, 0) is 74.7 Å². The predicted molar refractivity (Wildman–Crippen MR) is 92.8 cm³/mol.